The Kier molecular flexibility index (Phi) is 7.19. The Morgan fingerprint density at radius 2 is 1.90 bits per heavy atom. The lowest BCUT2D eigenvalue weighted by atomic mass is 9.93. The highest BCUT2D eigenvalue weighted by atomic mass is 16.5. The lowest BCUT2D eigenvalue weighted by Crippen LogP contribution is -2.48. The number of hydrogen-bond donors (Lipinski definition) is 3. The van der Waals surface area contributed by atoms with Gasteiger partial charge in [0.25, 0.3) is 5.91 Å². The first-order valence-electron chi connectivity index (χ1n) is 9.56. The summed E-state index contributed by atoms with van der Waals surface area (Å²) in [5.41, 5.74) is -0.122. The van der Waals surface area contributed by atoms with Crippen molar-refractivity contribution < 1.29 is 23.9 Å². The Bertz CT molecular complexity index is 780. The fourth-order valence-corrected chi connectivity index (χ4v) is 2.92. The maximum absolute atomic E-state index is 12.7. The number of nitrogens with one attached hydrogen (secondary N) is 3. The van der Waals surface area contributed by atoms with Crippen LogP contribution >= 0.6 is 0 Å². The van der Waals surface area contributed by atoms with Gasteiger partial charge in [-0.05, 0) is 50.8 Å². The second-order valence-corrected chi connectivity index (χ2v) is 7.33. The van der Waals surface area contributed by atoms with Gasteiger partial charge in [-0.15, -0.1) is 0 Å². The van der Waals surface area contributed by atoms with Gasteiger partial charge in [-0.3, -0.25) is 19.8 Å². The minimum Gasteiger partial charge on any atom is -0.497 e. The predicted molar refractivity (Wildman–Crippen MR) is 106 cm³/mol. The first-order chi connectivity index (χ1) is 13.7. The van der Waals surface area contributed by atoms with Crippen molar-refractivity contribution >= 4 is 23.9 Å². The fourth-order valence-electron chi connectivity index (χ4n) is 2.92. The zero-order chi connectivity index (χ0) is 21.6. The Morgan fingerprint density at radius 1 is 1.24 bits per heavy atom. The van der Waals surface area contributed by atoms with Crippen molar-refractivity contribution in [2.45, 2.75) is 51.6 Å². The smallest absolute Gasteiger partial charge is 0.325 e. The molecule has 0 bridgehead atoms. The van der Waals surface area contributed by atoms with E-state index in [9.17, 15) is 19.2 Å². The molecule has 158 valence electrons. The number of carbonyl (C=O) groups is 4. The number of benzene rings is 1. The van der Waals surface area contributed by atoms with Crippen molar-refractivity contribution in [2.75, 3.05) is 13.7 Å². The molecule has 0 aliphatic carbocycles. The number of nitrogens with zero attached hydrogens (tertiary/aromatic N) is 1. The third kappa shape index (κ3) is 5.69. The maximum Gasteiger partial charge on any atom is 0.325 e. The number of amides is 6. The summed E-state index contributed by atoms with van der Waals surface area (Å²) in [5.74, 6) is -0.484. The van der Waals surface area contributed by atoms with Gasteiger partial charge in [0.05, 0.1) is 7.11 Å². The van der Waals surface area contributed by atoms with Crippen LogP contribution < -0.4 is 20.7 Å². The van der Waals surface area contributed by atoms with Crippen molar-refractivity contribution in [3.8, 4) is 5.75 Å². The highest BCUT2D eigenvalue weighted by Crippen LogP contribution is 2.24. The van der Waals surface area contributed by atoms with Crippen molar-refractivity contribution in [3.63, 3.8) is 0 Å². The van der Waals surface area contributed by atoms with Crippen molar-refractivity contribution in [2.24, 2.45) is 0 Å². The molecule has 1 heterocycles. The van der Waals surface area contributed by atoms with Gasteiger partial charge in [0.1, 0.15) is 17.8 Å². The molecule has 0 aromatic heterocycles. The Labute approximate surface area is 170 Å². The molecule has 0 unspecified atom stereocenters. The molecule has 29 heavy (non-hydrogen) atoms. The zero-order valence-corrected chi connectivity index (χ0v) is 17.2. The van der Waals surface area contributed by atoms with Gasteiger partial charge in [-0.25, -0.2) is 9.59 Å². The van der Waals surface area contributed by atoms with E-state index in [1.165, 1.54) is 0 Å². The molecule has 1 fully saturated rings. The van der Waals surface area contributed by atoms with Crippen molar-refractivity contribution in [1.82, 2.24) is 20.9 Å². The monoisotopic (exact) mass is 404 g/mol. The van der Waals surface area contributed by atoms with Crippen LogP contribution in [0, 0.1) is 0 Å². The van der Waals surface area contributed by atoms with Crippen molar-refractivity contribution in [3.05, 3.63) is 29.8 Å². The van der Waals surface area contributed by atoms with Crippen molar-refractivity contribution in [1.29, 1.82) is 0 Å². The van der Waals surface area contributed by atoms with Gasteiger partial charge in [0, 0.05) is 6.04 Å². The standard InChI is InChI=1S/C20H28N4O5/c1-5-13(2)21-18(27)22-16(25)12-24-17(26)20(3,23-19(24)28)11-10-14-6-8-15(29-4)9-7-14/h6-9,13H,5,10-12H2,1-4H3,(H,23,28)(H2,21,22,25,27)/t13-,20-/m0/s1. The van der Waals surface area contributed by atoms with Gasteiger partial charge >= 0.3 is 12.1 Å². The minimum absolute atomic E-state index is 0.0965. The first kappa shape index (κ1) is 22.2. The minimum atomic E-state index is -1.11. The van der Waals surface area contributed by atoms with Crippen LogP contribution in [0.25, 0.3) is 0 Å². The van der Waals surface area contributed by atoms with Gasteiger partial charge < -0.3 is 15.4 Å². The quantitative estimate of drug-likeness (QED) is 0.569. The number of urea groups is 2. The van der Waals surface area contributed by atoms with Crippen LogP contribution in [-0.2, 0) is 16.0 Å². The van der Waals surface area contributed by atoms with E-state index >= 15 is 0 Å². The van der Waals surface area contributed by atoms with Crippen LogP contribution in [0.4, 0.5) is 9.59 Å². The fraction of sp³-hybridized carbons (Fsp3) is 0.500. The van der Waals surface area contributed by atoms with Crippen LogP contribution in [0.2, 0.25) is 0 Å². The molecule has 3 N–H and O–H groups in total. The predicted octanol–water partition coefficient (Wildman–Crippen LogP) is 1.56. The number of carbonyl (C=O) groups excluding carboxylic acids is 4. The second kappa shape index (κ2) is 9.40. The van der Waals surface area contributed by atoms with E-state index in [0.717, 1.165) is 16.2 Å². The van der Waals surface area contributed by atoms with Crippen LogP contribution in [0.15, 0.2) is 24.3 Å². The lowest BCUT2D eigenvalue weighted by molar-refractivity contribution is -0.134. The highest BCUT2D eigenvalue weighted by molar-refractivity contribution is 6.09. The van der Waals surface area contributed by atoms with E-state index in [1.807, 2.05) is 31.2 Å². The van der Waals surface area contributed by atoms with Gasteiger partial charge in [-0.2, -0.15) is 0 Å². The van der Waals surface area contributed by atoms with Gasteiger partial charge in [0.15, 0.2) is 0 Å². The van der Waals surface area contributed by atoms with E-state index < -0.39 is 36.0 Å². The second-order valence-electron chi connectivity index (χ2n) is 7.33. The largest absolute Gasteiger partial charge is 0.497 e. The number of methoxy groups -OCH3 is 1. The molecule has 0 spiro atoms. The van der Waals surface area contributed by atoms with E-state index in [4.69, 9.17) is 4.74 Å². The molecular formula is C20H28N4O5. The number of hydrogen-bond acceptors (Lipinski definition) is 5. The van der Waals surface area contributed by atoms with E-state index in [0.29, 0.717) is 19.3 Å². The highest BCUT2D eigenvalue weighted by Gasteiger charge is 2.47. The van der Waals surface area contributed by atoms with Crippen LogP contribution in [0.1, 0.15) is 39.2 Å². The number of ether oxygens (including phenoxy) is 1. The molecule has 2 rings (SSSR count). The van der Waals surface area contributed by atoms with Crippen LogP contribution in [0.5, 0.6) is 5.75 Å². The molecule has 1 aromatic carbocycles. The molecule has 6 amide bonds. The van der Waals surface area contributed by atoms with E-state index in [1.54, 1.807) is 21.0 Å². The molecule has 2 atom stereocenters. The van der Waals surface area contributed by atoms with E-state index in [2.05, 4.69) is 16.0 Å². The van der Waals surface area contributed by atoms with Gasteiger partial charge in [0.2, 0.25) is 5.91 Å². The summed E-state index contributed by atoms with van der Waals surface area (Å²) in [5, 5.41) is 7.38. The molecule has 1 saturated heterocycles. The number of rotatable bonds is 8. The molecule has 1 aliphatic rings. The summed E-state index contributed by atoms with van der Waals surface area (Å²) in [7, 11) is 1.58. The molecule has 0 radical (unpaired) electrons. The van der Waals surface area contributed by atoms with E-state index in [-0.39, 0.29) is 6.04 Å². The number of imide groups is 2. The summed E-state index contributed by atoms with van der Waals surface area (Å²) in [6.07, 6.45) is 1.64. The average molecular weight is 404 g/mol. The van der Waals surface area contributed by atoms with Crippen LogP contribution in [0.3, 0.4) is 0 Å². The Morgan fingerprint density at radius 3 is 2.48 bits per heavy atom. The van der Waals surface area contributed by atoms with Crippen LogP contribution in [-0.4, -0.2) is 54.0 Å². The molecular weight excluding hydrogens is 376 g/mol. The molecule has 9 nitrogen and oxygen atoms in total. The third-order valence-electron chi connectivity index (χ3n) is 4.96. The topological polar surface area (TPSA) is 117 Å². The molecule has 1 aliphatic heterocycles. The first-order valence-corrected chi connectivity index (χ1v) is 9.56. The summed E-state index contributed by atoms with van der Waals surface area (Å²) in [6, 6.07) is 6.04. The normalized spacial score (nSPS) is 19.5. The maximum atomic E-state index is 12.7. The average Bonchev–Trinajstić information content (AvgIpc) is 2.90. The summed E-state index contributed by atoms with van der Waals surface area (Å²) in [6.45, 7) is 4.81. The zero-order valence-electron chi connectivity index (χ0n) is 17.2. The SMILES string of the molecule is CC[C@H](C)NC(=O)NC(=O)CN1C(=O)N[C@@](C)(CCc2ccc(OC)cc2)C1=O. The summed E-state index contributed by atoms with van der Waals surface area (Å²) < 4.78 is 5.12. The molecule has 9 heteroatoms. The number of aryl methyl sites for hydroxylation is 1. The summed E-state index contributed by atoms with van der Waals surface area (Å²) >= 11 is 0. The molecule has 1 aromatic rings. The Balaban J connectivity index is 1.93. The summed E-state index contributed by atoms with van der Waals surface area (Å²) in [4.78, 5) is 49.6. The third-order valence-corrected chi connectivity index (χ3v) is 4.96. The van der Waals surface area contributed by atoms with Gasteiger partial charge in [-0.1, -0.05) is 19.1 Å². The Hall–Kier alpha value is -3.10. The molecule has 0 saturated carbocycles. The lowest BCUT2D eigenvalue weighted by Gasteiger charge is -2.21.